The van der Waals surface area contributed by atoms with Gasteiger partial charge in [0.15, 0.2) is 11.9 Å². The summed E-state index contributed by atoms with van der Waals surface area (Å²) in [7, 11) is 0. The Morgan fingerprint density at radius 1 is 1.23 bits per heavy atom. The highest BCUT2D eigenvalue weighted by molar-refractivity contribution is 5.81. The number of carbonyl (C=O) groups excluding carboxylic acids is 1. The number of hydrogen-bond acceptors (Lipinski definition) is 7. The number of carboxylic acids is 1. The van der Waals surface area contributed by atoms with Crippen LogP contribution in [0.3, 0.4) is 0 Å². The first-order valence-corrected chi connectivity index (χ1v) is 10.9. The van der Waals surface area contributed by atoms with Crippen LogP contribution in [0.15, 0.2) is 24.8 Å². The van der Waals surface area contributed by atoms with Crippen LogP contribution in [0.2, 0.25) is 0 Å². The third-order valence-corrected chi connectivity index (χ3v) is 5.53. The minimum atomic E-state index is -5.08. The Bertz CT molecular complexity index is 1020. The summed E-state index contributed by atoms with van der Waals surface area (Å²) in [5.41, 5.74) is -0.613. The SMILES string of the molecule is CC(C)CNC(=O)C1Cn2ccnc2C2(CCN(c3ncc(F)cn3)CC2)O1.O=C(O)C(F)(F)F. The summed E-state index contributed by atoms with van der Waals surface area (Å²) in [5, 5.41) is 10.1. The molecule has 192 valence electrons. The molecule has 10 nitrogen and oxygen atoms in total. The van der Waals surface area contributed by atoms with Gasteiger partial charge in [-0.3, -0.25) is 4.79 Å². The Hall–Kier alpha value is -3.29. The molecule has 14 heteroatoms. The normalized spacial score (nSPS) is 19.1. The molecule has 35 heavy (non-hydrogen) atoms. The van der Waals surface area contributed by atoms with Crippen LogP contribution < -0.4 is 10.2 Å². The fraction of sp³-hybridized carbons (Fsp3) is 0.571. The number of rotatable bonds is 4. The number of carboxylic acid groups (broad SMARTS) is 1. The van der Waals surface area contributed by atoms with Crippen molar-refractivity contribution in [3.63, 3.8) is 0 Å². The molecule has 0 saturated carbocycles. The van der Waals surface area contributed by atoms with Gasteiger partial charge in [-0.2, -0.15) is 13.2 Å². The summed E-state index contributed by atoms with van der Waals surface area (Å²) in [6.07, 6.45) is 1.67. The highest BCUT2D eigenvalue weighted by atomic mass is 19.4. The molecule has 2 aromatic heterocycles. The molecule has 0 aliphatic carbocycles. The van der Waals surface area contributed by atoms with Crippen molar-refractivity contribution < 1.29 is 37.0 Å². The van der Waals surface area contributed by atoms with Crippen LogP contribution in [0.1, 0.15) is 32.5 Å². The van der Waals surface area contributed by atoms with Gasteiger partial charge in [0.25, 0.3) is 5.91 Å². The quantitative estimate of drug-likeness (QED) is 0.610. The van der Waals surface area contributed by atoms with E-state index in [0.29, 0.717) is 50.9 Å². The van der Waals surface area contributed by atoms with E-state index in [-0.39, 0.29) is 5.91 Å². The molecule has 1 spiro atoms. The van der Waals surface area contributed by atoms with Gasteiger partial charge in [0.05, 0.1) is 18.9 Å². The van der Waals surface area contributed by atoms with E-state index in [1.54, 1.807) is 6.20 Å². The van der Waals surface area contributed by atoms with Crippen molar-refractivity contribution in [1.29, 1.82) is 0 Å². The molecule has 1 unspecified atom stereocenters. The standard InChI is InChI=1S/C19H25FN6O2.C2HF3O2/c1-13(2)9-22-16(27)15-12-26-8-5-21-17(26)19(28-15)3-6-25(7-4-19)18-23-10-14(20)11-24-18;3-2(4,5)1(6)7/h5,8,10-11,13,15H,3-4,6-7,9,12H2,1-2H3,(H,22,27);(H,6,7). The monoisotopic (exact) mass is 502 g/mol. The van der Waals surface area contributed by atoms with Gasteiger partial charge in [-0.25, -0.2) is 24.1 Å². The van der Waals surface area contributed by atoms with Crippen molar-refractivity contribution in [1.82, 2.24) is 24.8 Å². The lowest BCUT2D eigenvalue weighted by molar-refractivity contribution is -0.192. The third kappa shape index (κ3) is 6.44. The van der Waals surface area contributed by atoms with Crippen LogP contribution in [0.25, 0.3) is 0 Å². The van der Waals surface area contributed by atoms with Crippen LogP contribution in [0, 0.1) is 11.7 Å². The maximum atomic E-state index is 13.1. The Labute approximate surface area is 198 Å². The number of ether oxygens (including phenoxy) is 1. The van der Waals surface area contributed by atoms with Gasteiger partial charge >= 0.3 is 12.1 Å². The van der Waals surface area contributed by atoms with Gasteiger partial charge in [-0.15, -0.1) is 0 Å². The number of fused-ring (bicyclic) bond motifs is 2. The summed E-state index contributed by atoms with van der Waals surface area (Å²) >= 11 is 0. The smallest absolute Gasteiger partial charge is 0.475 e. The van der Waals surface area contributed by atoms with Gasteiger partial charge < -0.3 is 24.6 Å². The summed E-state index contributed by atoms with van der Waals surface area (Å²) in [6, 6.07) is 0. The fourth-order valence-electron chi connectivity index (χ4n) is 3.83. The minimum absolute atomic E-state index is 0.0864. The summed E-state index contributed by atoms with van der Waals surface area (Å²) < 4.78 is 53.2. The maximum absolute atomic E-state index is 13.1. The van der Waals surface area contributed by atoms with E-state index in [9.17, 15) is 22.4 Å². The van der Waals surface area contributed by atoms with Crippen LogP contribution >= 0.6 is 0 Å². The molecular weight excluding hydrogens is 476 g/mol. The van der Waals surface area contributed by atoms with Gasteiger partial charge in [-0.1, -0.05) is 13.8 Å². The molecule has 2 N–H and O–H groups in total. The van der Waals surface area contributed by atoms with Gasteiger partial charge in [0.1, 0.15) is 11.4 Å². The van der Waals surface area contributed by atoms with E-state index in [0.717, 1.165) is 5.82 Å². The molecular formula is C21H26F4N6O4. The number of halogens is 4. The number of alkyl halides is 3. The van der Waals surface area contributed by atoms with Crippen molar-refractivity contribution in [3.05, 3.63) is 36.4 Å². The number of anilines is 1. The fourth-order valence-corrected chi connectivity index (χ4v) is 3.83. The molecule has 0 aromatic carbocycles. The van der Waals surface area contributed by atoms with Crippen LogP contribution in [-0.2, 0) is 26.5 Å². The van der Waals surface area contributed by atoms with Crippen LogP contribution in [0.5, 0.6) is 0 Å². The average Bonchev–Trinajstić information content (AvgIpc) is 3.28. The molecule has 2 aromatic rings. The molecule has 0 bridgehead atoms. The van der Waals surface area contributed by atoms with E-state index in [1.807, 2.05) is 15.7 Å². The van der Waals surface area contributed by atoms with E-state index < -0.39 is 29.7 Å². The lowest BCUT2D eigenvalue weighted by Crippen LogP contribution is -2.54. The highest BCUT2D eigenvalue weighted by Gasteiger charge is 2.47. The zero-order valence-electron chi connectivity index (χ0n) is 19.1. The molecule has 1 amide bonds. The number of aromatic nitrogens is 4. The lowest BCUT2D eigenvalue weighted by Gasteiger charge is -2.45. The van der Waals surface area contributed by atoms with Crippen LogP contribution in [0.4, 0.5) is 23.5 Å². The number of piperidine rings is 1. The predicted octanol–water partition coefficient (Wildman–Crippen LogP) is 2.11. The predicted molar refractivity (Wildman–Crippen MR) is 114 cm³/mol. The second-order valence-electron chi connectivity index (χ2n) is 8.63. The first-order valence-electron chi connectivity index (χ1n) is 10.9. The topological polar surface area (TPSA) is 122 Å². The Balaban J connectivity index is 0.000000429. The maximum Gasteiger partial charge on any atom is 0.490 e. The number of hydrogen-bond donors (Lipinski definition) is 2. The molecule has 1 saturated heterocycles. The summed E-state index contributed by atoms with van der Waals surface area (Å²) in [5.74, 6) is -1.56. The zero-order chi connectivity index (χ0) is 25.8. The second kappa shape index (κ2) is 10.5. The Morgan fingerprint density at radius 3 is 2.37 bits per heavy atom. The van der Waals surface area contributed by atoms with Gasteiger partial charge in [0.2, 0.25) is 5.95 Å². The van der Waals surface area contributed by atoms with E-state index in [2.05, 4.69) is 34.1 Å². The van der Waals surface area contributed by atoms with Gasteiger partial charge in [0, 0.05) is 44.9 Å². The molecule has 1 atom stereocenters. The average molecular weight is 502 g/mol. The molecule has 0 radical (unpaired) electrons. The zero-order valence-corrected chi connectivity index (χ0v) is 19.1. The van der Waals surface area contributed by atoms with Crippen molar-refractivity contribution in [2.24, 2.45) is 5.92 Å². The molecule has 4 heterocycles. The Morgan fingerprint density at radius 2 is 1.83 bits per heavy atom. The first kappa shape index (κ1) is 26.3. The molecule has 2 aliphatic heterocycles. The van der Waals surface area contributed by atoms with Gasteiger partial charge in [-0.05, 0) is 5.92 Å². The largest absolute Gasteiger partial charge is 0.490 e. The number of aliphatic carboxylic acids is 1. The minimum Gasteiger partial charge on any atom is -0.475 e. The number of nitrogens with zero attached hydrogens (tertiary/aromatic N) is 5. The Kier molecular flexibility index (Phi) is 7.93. The molecule has 2 aliphatic rings. The molecule has 1 fully saturated rings. The van der Waals surface area contributed by atoms with Crippen molar-refractivity contribution in [3.8, 4) is 0 Å². The highest BCUT2D eigenvalue weighted by Crippen LogP contribution is 2.40. The van der Waals surface area contributed by atoms with E-state index in [4.69, 9.17) is 14.6 Å². The van der Waals surface area contributed by atoms with E-state index in [1.165, 1.54) is 12.4 Å². The van der Waals surface area contributed by atoms with Crippen molar-refractivity contribution in [2.45, 2.75) is 51.1 Å². The number of imidazole rings is 1. The number of nitrogens with one attached hydrogen (secondary N) is 1. The summed E-state index contributed by atoms with van der Waals surface area (Å²) in [4.78, 5) is 36.2. The first-order chi connectivity index (χ1) is 16.4. The lowest BCUT2D eigenvalue weighted by atomic mass is 9.88. The number of carbonyl (C=O) groups is 2. The third-order valence-electron chi connectivity index (χ3n) is 5.53. The molecule has 4 rings (SSSR count). The summed E-state index contributed by atoms with van der Waals surface area (Å²) in [6.45, 7) is 6.48. The second-order valence-corrected chi connectivity index (χ2v) is 8.63. The van der Waals surface area contributed by atoms with E-state index >= 15 is 0 Å². The van der Waals surface area contributed by atoms with Crippen molar-refractivity contribution >= 4 is 17.8 Å². The van der Waals surface area contributed by atoms with Crippen LogP contribution in [-0.4, -0.2) is 68.4 Å². The van der Waals surface area contributed by atoms with Crippen molar-refractivity contribution in [2.75, 3.05) is 24.5 Å². The number of amides is 1.